The normalized spacial score (nSPS) is 16.7. The van der Waals surface area contributed by atoms with Crippen LogP contribution in [0.2, 0.25) is 0 Å². The van der Waals surface area contributed by atoms with E-state index < -0.39 is 0 Å². The first kappa shape index (κ1) is 14.5. The van der Waals surface area contributed by atoms with Crippen LogP contribution in [0.1, 0.15) is 29.2 Å². The van der Waals surface area contributed by atoms with Crippen molar-refractivity contribution in [3.8, 4) is 0 Å². The summed E-state index contributed by atoms with van der Waals surface area (Å²) in [5, 5.41) is 3.70. The van der Waals surface area contributed by atoms with Crippen LogP contribution in [0.5, 0.6) is 0 Å². The van der Waals surface area contributed by atoms with E-state index in [9.17, 15) is 0 Å². The molecule has 1 N–H and O–H groups in total. The van der Waals surface area contributed by atoms with E-state index in [1.54, 1.807) is 0 Å². The Morgan fingerprint density at radius 1 is 1.19 bits per heavy atom. The van der Waals surface area contributed by atoms with Crippen LogP contribution in [-0.4, -0.2) is 14.1 Å². The Labute approximate surface area is 135 Å². The molecule has 3 heteroatoms. The van der Waals surface area contributed by atoms with E-state index in [0.717, 1.165) is 12.8 Å². The molecule has 2 nitrogen and oxygen atoms in total. The highest BCUT2D eigenvalue weighted by Gasteiger charge is 2.23. The van der Waals surface area contributed by atoms with E-state index in [0.29, 0.717) is 6.04 Å². The third-order valence-electron chi connectivity index (χ3n) is 4.25. The maximum atomic E-state index is 3.70. The molecule has 0 aromatic heterocycles. The van der Waals surface area contributed by atoms with Gasteiger partial charge < -0.3 is 10.2 Å². The summed E-state index contributed by atoms with van der Waals surface area (Å²) >= 11 is 3.67. The molecular weight excluding hydrogens is 324 g/mol. The number of benzene rings is 2. The smallest absolute Gasteiger partial charge is 0.0520 e. The highest BCUT2D eigenvalue weighted by molar-refractivity contribution is 9.10. The predicted molar refractivity (Wildman–Crippen MR) is 94.3 cm³/mol. The molecule has 21 heavy (non-hydrogen) atoms. The number of aryl methyl sites for hydroxylation is 1. The summed E-state index contributed by atoms with van der Waals surface area (Å²) in [6.07, 6.45) is 2.30. The molecular formula is C18H21BrN2. The molecule has 3 rings (SSSR count). The summed E-state index contributed by atoms with van der Waals surface area (Å²) < 4.78 is 1.24. The van der Waals surface area contributed by atoms with Gasteiger partial charge in [-0.2, -0.15) is 0 Å². The van der Waals surface area contributed by atoms with Crippen LogP contribution in [0.3, 0.4) is 0 Å². The Bertz CT molecular complexity index is 664. The second-order valence-corrected chi connectivity index (χ2v) is 6.79. The van der Waals surface area contributed by atoms with Gasteiger partial charge >= 0.3 is 0 Å². The highest BCUT2D eigenvalue weighted by atomic mass is 79.9. The van der Waals surface area contributed by atoms with E-state index >= 15 is 0 Å². The van der Waals surface area contributed by atoms with Gasteiger partial charge in [0.25, 0.3) is 0 Å². The first-order valence-corrected chi connectivity index (χ1v) is 8.17. The van der Waals surface area contributed by atoms with E-state index in [1.165, 1.54) is 32.5 Å². The van der Waals surface area contributed by atoms with Crippen LogP contribution in [-0.2, 0) is 6.42 Å². The Balaban J connectivity index is 1.87. The lowest BCUT2D eigenvalue weighted by molar-refractivity contribution is 0.762. The predicted octanol–water partition coefficient (Wildman–Crippen LogP) is 4.92. The lowest BCUT2D eigenvalue weighted by Crippen LogP contribution is -2.12. The van der Waals surface area contributed by atoms with Crippen molar-refractivity contribution in [3.05, 3.63) is 57.6 Å². The fourth-order valence-electron chi connectivity index (χ4n) is 3.14. The Hall–Kier alpha value is -1.48. The van der Waals surface area contributed by atoms with E-state index in [2.05, 4.69) is 83.6 Å². The van der Waals surface area contributed by atoms with E-state index in [4.69, 9.17) is 0 Å². The molecule has 0 spiro atoms. The van der Waals surface area contributed by atoms with Crippen LogP contribution >= 0.6 is 15.9 Å². The number of rotatable bonds is 3. The Morgan fingerprint density at radius 2 is 2.00 bits per heavy atom. The van der Waals surface area contributed by atoms with Gasteiger partial charge in [-0.25, -0.2) is 0 Å². The second-order valence-electron chi connectivity index (χ2n) is 5.94. The van der Waals surface area contributed by atoms with Crippen LogP contribution < -0.4 is 10.2 Å². The number of halogens is 1. The molecule has 0 fully saturated rings. The molecule has 0 saturated heterocycles. The molecule has 1 aliphatic rings. The van der Waals surface area contributed by atoms with E-state index in [-0.39, 0.29) is 0 Å². The van der Waals surface area contributed by atoms with Gasteiger partial charge in [-0.05, 0) is 54.7 Å². The van der Waals surface area contributed by atoms with Crippen molar-refractivity contribution in [2.45, 2.75) is 25.8 Å². The lowest BCUT2D eigenvalue weighted by Gasteiger charge is -2.20. The van der Waals surface area contributed by atoms with Crippen LogP contribution in [0.15, 0.2) is 40.9 Å². The molecule has 0 bridgehead atoms. The van der Waals surface area contributed by atoms with Crippen LogP contribution in [0.25, 0.3) is 0 Å². The third kappa shape index (κ3) is 2.80. The molecule has 2 aromatic rings. The van der Waals surface area contributed by atoms with Crippen molar-refractivity contribution in [2.75, 3.05) is 24.3 Å². The first-order chi connectivity index (χ1) is 10.1. The van der Waals surface area contributed by atoms with Gasteiger partial charge in [0.15, 0.2) is 0 Å². The first-order valence-electron chi connectivity index (χ1n) is 7.38. The van der Waals surface area contributed by atoms with Gasteiger partial charge in [-0.3, -0.25) is 0 Å². The summed E-state index contributed by atoms with van der Waals surface area (Å²) in [5.41, 5.74) is 6.65. The molecule has 0 saturated carbocycles. The molecule has 1 aliphatic carbocycles. The summed E-state index contributed by atoms with van der Waals surface area (Å²) in [4.78, 5) is 2.17. The molecule has 0 aliphatic heterocycles. The maximum Gasteiger partial charge on any atom is 0.0520 e. The summed E-state index contributed by atoms with van der Waals surface area (Å²) in [6, 6.07) is 13.5. The third-order valence-corrected chi connectivity index (χ3v) is 4.99. The largest absolute Gasteiger partial charge is 0.378 e. The monoisotopic (exact) mass is 344 g/mol. The molecule has 0 radical (unpaired) electrons. The maximum absolute atomic E-state index is 3.70. The highest BCUT2D eigenvalue weighted by Crippen LogP contribution is 2.38. The second kappa shape index (κ2) is 5.72. The van der Waals surface area contributed by atoms with Crippen molar-refractivity contribution >= 4 is 27.3 Å². The number of nitrogens with zero attached hydrogens (tertiary/aromatic N) is 1. The zero-order valence-electron chi connectivity index (χ0n) is 12.8. The van der Waals surface area contributed by atoms with Crippen molar-refractivity contribution < 1.29 is 0 Å². The summed E-state index contributed by atoms with van der Waals surface area (Å²) in [7, 11) is 4.18. The molecule has 110 valence electrons. The Kier molecular flexibility index (Phi) is 3.94. The minimum Gasteiger partial charge on any atom is -0.378 e. The number of fused-ring (bicyclic) bond motifs is 1. The minimum absolute atomic E-state index is 0.412. The number of nitrogens with one attached hydrogen (secondary N) is 1. The average Bonchev–Trinajstić information content (AvgIpc) is 2.85. The van der Waals surface area contributed by atoms with Gasteiger partial charge in [-0.15, -0.1) is 0 Å². The average molecular weight is 345 g/mol. The lowest BCUT2D eigenvalue weighted by atomic mass is 10.1. The quantitative estimate of drug-likeness (QED) is 0.849. The van der Waals surface area contributed by atoms with Crippen LogP contribution in [0, 0.1) is 6.92 Å². The van der Waals surface area contributed by atoms with Gasteiger partial charge in [0.05, 0.1) is 6.04 Å². The van der Waals surface area contributed by atoms with Crippen molar-refractivity contribution in [2.24, 2.45) is 0 Å². The molecule has 1 atom stereocenters. The molecule has 0 heterocycles. The number of anilines is 2. The fourth-order valence-corrected chi connectivity index (χ4v) is 3.72. The Morgan fingerprint density at radius 3 is 2.76 bits per heavy atom. The van der Waals surface area contributed by atoms with E-state index in [1.807, 2.05) is 0 Å². The van der Waals surface area contributed by atoms with Crippen molar-refractivity contribution in [1.29, 1.82) is 0 Å². The zero-order valence-corrected chi connectivity index (χ0v) is 14.4. The van der Waals surface area contributed by atoms with Gasteiger partial charge in [0, 0.05) is 29.9 Å². The minimum atomic E-state index is 0.412. The number of hydrogen-bond acceptors (Lipinski definition) is 2. The molecule has 2 aromatic carbocycles. The fraction of sp³-hybridized carbons (Fsp3) is 0.333. The summed E-state index contributed by atoms with van der Waals surface area (Å²) in [6.45, 7) is 2.15. The number of hydrogen-bond donors (Lipinski definition) is 1. The van der Waals surface area contributed by atoms with Crippen molar-refractivity contribution in [3.63, 3.8) is 0 Å². The standard InChI is InChI=1S/C18H21BrN2/c1-12-7-8-13(11-18(12)21(2)3)20-17-10-9-14-15(17)5-4-6-16(14)19/h4-8,11,17,20H,9-10H2,1-3H3. The van der Waals surface area contributed by atoms with Gasteiger partial charge in [0.2, 0.25) is 0 Å². The van der Waals surface area contributed by atoms with Gasteiger partial charge in [0.1, 0.15) is 0 Å². The SMILES string of the molecule is Cc1ccc(NC2CCc3c(Br)cccc32)cc1N(C)C. The summed E-state index contributed by atoms with van der Waals surface area (Å²) in [5.74, 6) is 0. The topological polar surface area (TPSA) is 15.3 Å². The van der Waals surface area contributed by atoms with Gasteiger partial charge in [-0.1, -0.05) is 34.1 Å². The molecule has 1 unspecified atom stereocenters. The van der Waals surface area contributed by atoms with Crippen molar-refractivity contribution in [1.82, 2.24) is 0 Å². The molecule has 0 amide bonds. The van der Waals surface area contributed by atoms with Crippen LogP contribution in [0.4, 0.5) is 11.4 Å². The zero-order chi connectivity index (χ0) is 15.0.